The Bertz CT molecular complexity index is 944. The molecule has 3 aromatic rings. The van der Waals surface area contributed by atoms with E-state index in [4.69, 9.17) is 0 Å². The number of para-hydroxylation sites is 2. The molecule has 0 atom stereocenters. The van der Waals surface area contributed by atoms with Gasteiger partial charge in [0.15, 0.2) is 0 Å². The first-order valence-corrected chi connectivity index (χ1v) is 7.38. The van der Waals surface area contributed by atoms with Crippen LogP contribution in [0.4, 0.5) is 5.69 Å². The number of benzene rings is 2. The normalized spacial score (nSPS) is 10.7. The van der Waals surface area contributed by atoms with E-state index in [1.54, 1.807) is 25.1 Å². The van der Waals surface area contributed by atoms with Gasteiger partial charge in [-0.3, -0.25) is 14.2 Å². The van der Waals surface area contributed by atoms with Crippen molar-refractivity contribution in [2.45, 2.75) is 20.4 Å². The van der Waals surface area contributed by atoms with Gasteiger partial charge in [-0.1, -0.05) is 30.3 Å². The Balaban J connectivity index is 1.91. The molecule has 23 heavy (non-hydrogen) atoms. The van der Waals surface area contributed by atoms with Gasteiger partial charge in [-0.2, -0.15) is 0 Å². The number of nitrogens with zero attached hydrogens (tertiary/aromatic N) is 2. The van der Waals surface area contributed by atoms with Gasteiger partial charge in [0, 0.05) is 5.69 Å². The molecule has 3 rings (SSSR count). The highest BCUT2D eigenvalue weighted by Gasteiger charge is 2.12. The number of nitrogens with one attached hydrogen (secondary N) is 1. The fourth-order valence-corrected chi connectivity index (χ4v) is 2.51. The first-order valence-electron chi connectivity index (χ1n) is 7.38. The van der Waals surface area contributed by atoms with Gasteiger partial charge in [-0.15, -0.1) is 0 Å². The summed E-state index contributed by atoms with van der Waals surface area (Å²) in [5.41, 5.74) is 2.16. The number of aryl methyl sites for hydroxylation is 2. The number of hydrogen-bond donors (Lipinski definition) is 1. The third-order valence-corrected chi connectivity index (χ3v) is 3.77. The Morgan fingerprint density at radius 3 is 2.57 bits per heavy atom. The Morgan fingerprint density at radius 1 is 1.09 bits per heavy atom. The van der Waals surface area contributed by atoms with E-state index >= 15 is 0 Å². The number of carbonyl (C=O) groups is 1. The third kappa shape index (κ3) is 2.99. The molecule has 0 aliphatic carbocycles. The Kier molecular flexibility index (Phi) is 3.93. The SMILES string of the molecule is Cc1ccccc1NC(=O)Cn1c(C)nc2ccccc2c1=O. The van der Waals surface area contributed by atoms with Gasteiger partial charge in [-0.25, -0.2) is 4.98 Å². The molecule has 1 aromatic heterocycles. The largest absolute Gasteiger partial charge is 0.324 e. The minimum atomic E-state index is -0.249. The van der Waals surface area contributed by atoms with Crippen molar-refractivity contribution in [1.82, 2.24) is 9.55 Å². The van der Waals surface area contributed by atoms with Crippen molar-refractivity contribution in [2.24, 2.45) is 0 Å². The molecule has 116 valence electrons. The molecule has 0 radical (unpaired) electrons. The minimum absolute atomic E-state index is 0.0587. The fraction of sp³-hybridized carbons (Fsp3) is 0.167. The van der Waals surface area contributed by atoms with E-state index in [0.29, 0.717) is 16.7 Å². The van der Waals surface area contributed by atoms with E-state index in [-0.39, 0.29) is 18.0 Å². The molecular weight excluding hydrogens is 290 g/mol. The lowest BCUT2D eigenvalue weighted by atomic mass is 10.2. The van der Waals surface area contributed by atoms with E-state index in [1.807, 2.05) is 37.3 Å². The van der Waals surface area contributed by atoms with Crippen molar-refractivity contribution in [1.29, 1.82) is 0 Å². The average Bonchev–Trinajstić information content (AvgIpc) is 2.54. The number of rotatable bonds is 3. The molecule has 0 aliphatic rings. The first kappa shape index (κ1) is 15.0. The molecule has 0 fully saturated rings. The van der Waals surface area contributed by atoms with E-state index < -0.39 is 0 Å². The van der Waals surface area contributed by atoms with Crippen LogP contribution in [0.2, 0.25) is 0 Å². The zero-order chi connectivity index (χ0) is 16.4. The standard InChI is InChI=1S/C18H17N3O2/c1-12-7-3-5-9-15(12)20-17(22)11-21-13(2)19-16-10-6-4-8-14(16)18(21)23/h3-10H,11H2,1-2H3,(H,20,22). The summed E-state index contributed by atoms with van der Waals surface area (Å²) in [6.07, 6.45) is 0. The molecule has 5 nitrogen and oxygen atoms in total. The maximum Gasteiger partial charge on any atom is 0.261 e. The second-order valence-electron chi connectivity index (χ2n) is 5.43. The molecule has 0 bridgehead atoms. The molecular formula is C18H17N3O2. The molecule has 0 aliphatic heterocycles. The van der Waals surface area contributed by atoms with Gasteiger partial charge in [-0.05, 0) is 37.6 Å². The van der Waals surface area contributed by atoms with Crippen LogP contribution in [0, 0.1) is 13.8 Å². The van der Waals surface area contributed by atoms with Gasteiger partial charge in [0.25, 0.3) is 5.56 Å². The lowest BCUT2D eigenvalue weighted by Gasteiger charge is -2.12. The van der Waals surface area contributed by atoms with E-state index in [2.05, 4.69) is 10.3 Å². The molecule has 1 N–H and O–H groups in total. The zero-order valence-corrected chi connectivity index (χ0v) is 13.0. The summed E-state index contributed by atoms with van der Waals surface area (Å²) < 4.78 is 1.40. The van der Waals surface area contributed by atoms with Gasteiger partial charge < -0.3 is 5.32 Å². The summed E-state index contributed by atoms with van der Waals surface area (Å²) >= 11 is 0. The second-order valence-corrected chi connectivity index (χ2v) is 5.43. The van der Waals surface area contributed by atoms with Crippen molar-refractivity contribution < 1.29 is 4.79 Å². The summed E-state index contributed by atoms with van der Waals surface area (Å²) in [7, 11) is 0. The highest BCUT2D eigenvalue weighted by atomic mass is 16.2. The molecule has 2 aromatic carbocycles. The maximum atomic E-state index is 12.5. The third-order valence-electron chi connectivity index (χ3n) is 3.77. The van der Waals surface area contributed by atoms with Crippen LogP contribution in [-0.4, -0.2) is 15.5 Å². The summed E-state index contributed by atoms with van der Waals surface area (Å²) in [6.45, 7) is 3.59. The molecule has 1 heterocycles. The first-order chi connectivity index (χ1) is 11.1. The van der Waals surface area contributed by atoms with E-state index in [9.17, 15) is 9.59 Å². The van der Waals surface area contributed by atoms with Crippen LogP contribution in [0.15, 0.2) is 53.3 Å². The van der Waals surface area contributed by atoms with Gasteiger partial charge in [0.05, 0.1) is 10.9 Å². The van der Waals surface area contributed by atoms with Crippen molar-refractivity contribution in [3.05, 3.63) is 70.3 Å². The van der Waals surface area contributed by atoms with Crippen LogP contribution in [-0.2, 0) is 11.3 Å². The smallest absolute Gasteiger partial charge is 0.261 e. The van der Waals surface area contributed by atoms with Gasteiger partial charge in [0.1, 0.15) is 12.4 Å². The number of amides is 1. The second kappa shape index (κ2) is 6.04. The van der Waals surface area contributed by atoms with Crippen molar-refractivity contribution in [3.63, 3.8) is 0 Å². The molecule has 0 unspecified atom stereocenters. The fourth-order valence-electron chi connectivity index (χ4n) is 2.51. The van der Waals surface area contributed by atoms with E-state index in [1.165, 1.54) is 4.57 Å². The van der Waals surface area contributed by atoms with Crippen molar-refractivity contribution in [2.75, 3.05) is 5.32 Å². The van der Waals surface area contributed by atoms with Crippen molar-refractivity contribution >= 4 is 22.5 Å². The van der Waals surface area contributed by atoms with Crippen LogP contribution in [0.1, 0.15) is 11.4 Å². The Labute approximate surface area is 133 Å². The highest BCUT2D eigenvalue weighted by Crippen LogP contribution is 2.13. The Hall–Kier alpha value is -2.95. The molecule has 0 spiro atoms. The molecule has 5 heteroatoms. The number of anilines is 1. The van der Waals surface area contributed by atoms with Crippen LogP contribution in [0.25, 0.3) is 10.9 Å². The summed E-state index contributed by atoms with van der Waals surface area (Å²) in [5, 5.41) is 3.35. The maximum absolute atomic E-state index is 12.5. The van der Waals surface area contributed by atoms with Crippen LogP contribution >= 0.6 is 0 Å². The predicted molar refractivity (Wildman–Crippen MR) is 90.5 cm³/mol. The number of carbonyl (C=O) groups excluding carboxylic acids is 1. The molecule has 0 saturated heterocycles. The molecule has 0 saturated carbocycles. The minimum Gasteiger partial charge on any atom is -0.324 e. The monoisotopic (exact) mass is 307 g/mol. The highest BCUT2D eigenvalue weighted by molar-refractivity contribution is 5.91. The summed E-state index contributed by atoms with van der Waals surface area (Å²) in [6, 6.07) is 14.7. The van der Waals surface area contributed by atoms with Gasteiger partial charge in [0.2, 0.25) is 5.91 Å². The Morgan fingerprint density at radius 2 is 1.78 bits per heavy atom. The number of aromatic nitrogens is 2. The zero-order valence-electron chi connectivity index (χ0n) is 13.0. The predicted octanol–water partition coefficient (Wildman–Crippen LogP) is 2.65. The summed E-state index contributed by atoms with van der Waals surface area (Å²) in [5.74, 6) is 0.273. The summed E-state index contributed by atoms with van der Waals surface area (Å²) in [4.78, 5) is 29.2. The number of fused-ring (bicyclic) bond motifs is 1. The van der Waals surface area contributed by atoms with E-state index in [0.717, 1.165) is 11.3 Å². The lowest BCUT2D eigenvalue weighted by Crippen LogP contribution is -2.30. The van der Waals surface area contributed by atoms with Crippen LogP contribution in [0.3, 0.4) is 0 Å². The van der Waals surface area contributed by atoms with Crippen LogP contribution < -0.4 is 10.9 Å². The van der Waals surface area contributed by atoms with Crippen molar-refractivity contribution in [3.8, 4) is 0 Å². The van der Waals surface area contributed by atoms with Crippen LogP contribution in [0.5, 0.6) is 0 Å². The van der Waals surface area contributed by atoms with Gasteiger partial charge >= 0.3 is 0 Å². The topological polar surface area (TPSA) is 64.0 Å². The quantitative estimate of drug-likeness (QED) is 0.809. The molecule has 1 amide bonds. The number of hydrogen-bond acceptors (Lipinski definition) is 3. The average molecular weight is 307 g/mol. The lowest BCUT2D eigenvalue weighted by molar-refractivity contribution is -0.116.